The van der Waals surface area contributed by atoms with Gasteiger partial charge in [0.05, 0.1) is 10.0 Å². The Morgan fingerprint density at radius 1 is 1.10 bits per heavy atom. The molecule has 21 heavy (non-hydrogen) atoms. The molecule has 1 aromatic rings. The Bertz CT molecular complexity index is 445. The number of hydrogen-bond donors (Lipinski definition) is 1. The van der Waals surface area contributed by atoms with Crippen molar-refractivity contribution in [3.8, 4) is 0 Å². The fourth-order valence-corrected chi connectivity index (χ4v) is 3.19. The molecule has 1 aliphatic carbocycles. The predicted octanol–water partition coefficient (Wildman–Crippen LogP) is 4.58. The summed E-state index contributed by atoms with van der Waals surface area (Å²) in [6.07, 6.45) is 4.05. The third-order valence-corrected chi connectivity index (χ3v) is 4.91. The van der Waals surface area contributed by atoms with E-state index in [9.17, 15) is 0 Å². The topological polar surface area (TPSA) is 15.3 Å². The lowest BCUT2D eigenvalue weighted by Gasteiger charge is -2.35. The fourth-order valence-electron chi connectivity index (χ4n) is 2.88. The maximum atomic E-state index is 6.19. The van der Waals surface area contributed by atoms with Crippen LogP contribution in [0, 0.1) is 5.92 Å². The summed E-state index contributed by atoms with van der Waals surface area (Å²) < 4.78 is 0. The standard InChI is InChI=1S/C15H20Cl2N2.2ClH/c16-13-4-3-12(10-14(13)17)15(9-11-1-2-11)19-7-5-18-6-8-19;;/h3-4,10-11,15,18H,1-2,5-9H2;2*1H/t15-;;/m0../s1. The molecule has 1 heterocycles. The van der Waals surface area contributed by atoms with E-state index < -0.39 is 0 Å². The van der Waals surface area contributed by atoms with E-state index in [2.05, 4.69) is 22.3 Å². The number of hydrogen-bond acceptors (Lipinski definition) is 2. The van der Waals surface area contributed by atoms with Crippen molar-refractivity contribution in [1.82, 2.24) is 10.2 Å². The molecule has 1 atom stereocenters. The summed E-state index contributed by atoms with van der Waals surface area (Å²) >= 11 is 12.2. The number of nitrogens with one attached hydrogen (secondary N) is 1. The van der Waals surface area contributed by atoms with Crippen LogP contribution >= 0.6 is 48.0 Å². The van der Waals surface area contributed by atoms with Gasteiger partial charge in [0.25, 0.3) is 0 Å². The summed E-state index contributed by atoms with van der Waals surface area (Å²) in [7, 11) is 0. The Kier molecular flexibility index (Phi) is 8.11. The minimum atomic E-state index is 0. The summed E-state index contributed by atoms with van der Waals surface area (Å²) in [6, 6.07) is 6.63. The number of piperazine rings is 1. The van der Waals surface area contributed by atoms with Crippen LogP contribution in [-0.4, -0.2) is 31.1 Å². The minimum absolute atomic E-state index is 0. The van der Waals surface area contributed by atoms with Gasteiger partial charge in [0.1, 0.15) is 0 Å². The average Bonchev–Trinajstić information content (AvgIpc) is 3.24. The van der Waals surface area contributed by atoms with Crippen LogP contribution in [0.5, 0.6) is 0 Å². The van der Waals surface area contributed by atoms with Gasteiger partial charge < -0.3 is 5.32 Å². The van der Waals surface area contributed by atoms with Gasteiger partial charge in [-0.3, -0.25) is 4.90 Å². The summed E-state index contributed by atoms with van der Waals surface area (Å²) in [6.45, 7) is 4.42. The summed E-state index contributed by atoms with van der Waals surface area (Å²) in [5.41, 5.74) is 1.32. The van der Waals surface area contributed by atoms with E-state index in [4.69, 9.17) is 23.2 Å². The molecule has 0 unspecified atom stereocenters. The molecule has 1 saturated carbocycles. The van der Waals surface area contributed by atoms with Crippen LogP contribution in [0.1, 0.15) is 30.9 Å². The Hall–Kier alpha value is 0.300. The molecule has 0 bridgehead atoms. The normalized spacial score (nSPS) is 20.3. The van der Waals surface area contributed by atoms with E-state index in [1.54, 1.807) is 0 Å². The summed E-state index contributed by atoms with van der Waals surface area (Å²) in [5, 5.41) is 4.75. The largest absolute Gasteiger partial charge is 0.314 e. The SMILES string of the molecule is Cl.Cl.Clc1ccc([C@H](CC2CC2)N2CCNCC2)cc1Cl. The van der Waals surface area contributed by atoms with Crippen LogP contribution in [0.3, 0.4) is 0 Å². The highest BCUT2D eigenvalue weighted by Crippen LogP contribution is 2.41. The second kappa shape index (κ2) is 8.81. The van der Waals surface area contributed by atoms with Crippen LogP contribution in [0.4, 0.5) is 0 Å². The van der Waals surface area contributed by atoms with E-state index in [0.29, 0.717) is 16.1 Å². The number of rotatable bonds is 4. The van der Waals surface area contributed by atoms with Gasteiger partial charge in [-0.15, -0.1) is 24.8 Å². The molecule has 1 aromatic carbocycles. The van der Waals surface area contributed by atoms with Crippen molar-refractivity contribution in [3.05, 3.63) is 33.8 Å². The van der Waals surface area contributed by atoms with Crippen molar-refractivity contribution in [2.75, 3.05) is 26.2 Å². The van der Waals surface area contributed by atoms with Gasteiger partial charge in [-0.1, -0.05) is 42.1 Å². The van der Waals surface area contributed by atoms with E-state index in [-0.39, 0.29) is 24.8 Å². The minimum Gasteiger partial charge on any atom is -0.314 e. The molecule has 2 nitrogen and oxygen atoms in total. The Morgan fingerprint density at radius 3 is 2.33 bits per heavy atom. The van der Waals surface area contributed by atoms with Crippen molar-refractivity contribution < 1.29 is 0 Å². The maximum Gasteiger partial charge on any atom is 0.0595 e. The second-order valence-corrected chi connectivity index (χ2v) is 6.47. The molecule has 120 valence electrons. The molecular formula is C15H22Cl4N2. The van der Waals surface area contributed by atoms with Crippen molar-refractivity contribution in [2.24, 2.45) is 5.92 Å². The molecule has 0 spiro atoms. The van der Waals surface area contributed by atoms with E-state index in [1.807, 2.05) is 6.07 Å². The molecule has 0 amide bonds. The highest BCUT2D eigenvalue weighted by atomic mass is 35.5. The zero-order valence-corrected chi connectivity index (χ0v) is 15.0. The van der Waals surface area contributed by atoms with Crippen LogP contribution in [0.25, 0.3) is 0 Å². The van der Waals surface area contributed by atoms with Crippen molar-refractivity contribution in [2.45, 2.75) is 25.3 Å². The predicted molar refractivity (Wildman–Crippen MR) is 95.5 cm³/mol. The van der Waals surface area contributed by atoms with Crippen molar-refractivity contribution in [1.29, 1.82) is 0 Å². The molecule has 1 N–H and O–H groups in total. The highest BCUT2D eigenvalue weighted by Gasteiger charge is 2.30. The first kappa shape index (κ1) is 19.3. The maximum absolute atomic E-state index is 6.19. The lowest BCUT2D eigenvalue weighted by Crippen LogP contribution is -2.45. The zero-order valence-electron chi connectivity index (χ0n) is 11.9. The number of benzene rings is 1. The Morgan fingerprint density at radius 2 is 1.76 bits per heavy atom. The first-order valence-corrected chi connectivity index (χ1v) is 7.89. The average molecular weight is 372 g/mol. The monoisotopic (exact) mass is 370 g/mol. The molecule has 1 aliphatic heterocycles. The fraction of sp³-hybridized carbons (Fsp3) is 0.600. The van der Waals surface area contributed by atoms with Crippen molar-refractivity contribution >= 4 is 48.0 Å². The van der Waals surface area contributed by atoms with Gasteiger partial charge in [0.2, 0.25) is 0 Å². The van der Waals surface area contributed by atoms with Gasteiger partial charge in [-0.2, -0.15) is 0 Å². The van der Waals surface area contributed by atoms with Crippen molar-refractivity contribution in [3.63, 3.8) is 0 Å². The highest BCUT2D eigenvalue weighted by molar-refractivity contribution is 6.42. The molecule has 6 heteroatoms. The lowest BCUT2D eigenvalue weighted by molar-refractivity contribution is 0.160. The Labute approximate surface area is 149 Å². The van der Waals surface area contributed by atoms with Gasteiger partial charge >= 0.3 is 0 Å². The molecule has 1 saturated heterocycles. The third kappa shape index (κ3) is 5.16. The van der Waals surface area contributed by atoms with Crippen LogP contribution in [0.15, 0.2) is 18.2 Å². The molecule has 0 radical (unpaired) electrons. The first-order valence-electron chi connectivity index (χ1n) is 7.14. The number of nitrogens with zero attached hydrogens (tertiary/aromatic N) is 1. The molecule has 0 aromatic heterocycles. The molecule has 3 rings (SSSR count). The number of halogens is 4. The van der Waals surface area contributed by atoms with Gasteiger partial charge in [0, 0.05) is 32.2 Å². The summed E-state index contributed by atoms with van der Waals surface area (Å²) in [4.78, 5) is 2.59. The first-order chi connectivity index (χ1) is 9.24. The zero-order chi connectivity index (χ0) is 13.2. The van der Waals surface area contributed by atoms with E-state index in [0.717, 1.165) is 32.1 Å². The van der Waals surface area contributed by atoms with Gasteiger partial charge in [-0.05, 0) is 30.0 Å². The second-order valence-electron chi connectivity index (χ2n) is 5.65. The van der Waals surface area contributed by atoms with Gasteiger partial charge in [0.15, 0.2) is 0 Å². The smallest absolute Gasteiger partial charge is 0.0595 e. The van der Waals surface area contributed by atoms with Crippen LogP contribution in [-0.2, 0) is 0 Å². The van der Waals surface area contributed by atoms with E-state index >= 15 is 0 Å². The van der Waals surface area contributed by atoms with E-state index in [1.165, 1.54) is 24.8 Å². The Balaban J connectivity index is 0.00000110. The van der Waals surface area contributed by atoms with Crippen LogP contribution in [0.2, 0.25) is 10.0 Å². The lowest BCUT2D eigenvalue weighted by atomic mass is 9.98. The third-order valence-electron chi connectivity index (χ3n) is 4.17. The molecule has 2 aliphatic rings. The molecular weight excluding hydrogens is 350 g/mol. The van der Waals surface area contributed by atoms with Crippen LogP contribution < -0.4 is 5.32 Å². The summed E-state index contributed by atoms with van der Waals surface area (Å²) in [5.74, 6) is 0.911. The quantitative estimate of drug-likeness (QED) is 0.832. The van der Waals surface area contributed by atoms with Gasteiger partial charge in [-0.25, -0.2) is 0 Å². The molecule has 2 fully saturated rings.